The lowest BCUT2D eigenvalue weighted by Crippen LogP contribution is -2.47. The molecule has 1 heterocycles. The molecule has 0 spiro atoms. The van der Waals surface area contributed by atoms with Gasteiger partial charge in [-0.2, -0.15) is 0 Å². The molecule has 132 valence electrons. The summed E-state index contributed by atoms with van der Waals surface area (Å²) in [5, 5.41) is 0. The summed E-state index contributed by atoms with van der Waals surface area (Å²) in [6.45, 7) is 9.29. The van der Waals surface area contributed by atoms with E-state index in [1.807, 2.05) is 27.7 Å². The predicted molar refractivity (Wildman–Crippen MR) is 88.1 cm³/mol. The molecule has 0 N–H and O–H groups in total. The minimum atomic E-state index is -0.467. The van der Waals surface area contributed by atoms with Crippen LogP contribution >= 0.6 is 0 Å². The summed E-state index contributed by atoms with van der Waals surface area (Å²) < 4.78 is 10.8. The molecule has 0 bridgehead atoms. The molecule has 0 aromatic rings. The van der Waals surface area contributed by atoms with E-state index in [1.165, 1.54) is 0 Å². The van der Waals surface area contributed by atoms with E-state index < -0.39 is 5.60 Å². The third kappa shape index (κ3) is 4.18. The summed E-state index contributed by atoms with van der Waals surface area (Å²) in [4.78, 5) is 26.5. The van der Waals surface area contributed by atoms with Crippen LogP contribution in [0.2, 0.25) is 0 Å². The van der Waals surface area contributed by atoms with E-state index >= 15 is 0 Å². The van der Waals surface area contributed by atoms with Gasteiger partial charge in [0.15, 0.2) is 0 Å². The predicted octanol–water partition coefficient (Wildman–Crippen LogP) is 3.76. The van der Waals surface area contributed by atoms with E-state index in [4.69, 9.17) is 9.47 Å². The topological polar surface area (TPSA) is 55.8 Å². The number of ether oxygens (including phenoxy) is 2. The van der Waals surface area contributed by atoms with Crippen LogP contribution in [0, 0.1) is 11.3 Å². The Kier molecular flexibility index (Phi) is 5.58. The van der Waals surface area contributed by atoms with Crippen molar-refractivity contribution in [3.05, 3.63) is 0 Å². The molecule has 0 aromatic carbocycles. The van der Waals surface area contributed by atoms with Crippen molar-refractivity contribution in [1.29, 1.82) is 0 Å². The third-order valence-electron chi connectivity index (χ3n) is 5.11. The van der Waals surface area contributed by atoms with Gasteiger partial charge in [0.25, 0.3) is 0 Å². The fourth-order valence-electron chi connectivity index (χ4n) is 4.00. The number of piperidine rings is 1. The van der Waals surface area contributed by atoms with Crippen molar-refractivity contribution < 1.29 is 19.1 Å². The Bertz CT molecular complexity index is 427. The first kappa shape index (κ1) is 18.1. The van der Waals surface area contributed by atoms with Crippen LogP contribution in [0.1, 0.15) is 66.2 Å². The van der Waals surface area contributed by atoms with Crippen LogP contribution in [0.3, 0.4) is 0 Å². The molecule has 1 saturated carbocycles. The molecule has 0 radical (unpaired) electrons. The normalized spacial score (nSPS) is 22.0. The van der Waals surface area contributed by atoms with Crippen molar-refractivity contribution in [2.45, 2.75) is 71.8 Å². The molecule has 1 amide bonds. The van der Waals surface area contributed by atoms with Crippen LogP contribution in [0.4, 0.5) is 4.79 Å². The van der Waals surface area contributed by atoms with Gasteiger partial charge in [0, 0.05) is 13.1 Å². The number of hydrogen-bond donors (Lipinski definition) is 0. The smallest absolute Gasteiger partial charge is 0.410 e. The molecule has 2 fully saturated rings. The minimum Gasteiger partial charge on any atom is -0.466 e. The van der Waals surface area contributed by atoms with Crippen molar-refractivity contribution >= 4 is 12.1 Å². The fraction of sp³-hybridized carbons (Fsp3) is 0.889. The molecule has 23 heavy (non-hydrogen) atoms. The Morgan fingerprint density at radius 3 is 2.17 bits per heavy atom. The average molecular weight is 325 g/mol. The van der Waals surface area contributed by atoms with Crippen molar-refractivity contribution in [2.75, 3.05) is 19.7 Å². The molecular weight excluding hydrogens is 294 g/mol. The Balaban J connectivity index is 1.97. The summed E-state index contributed by atoms with van der Waals surface area (Å²) >= 11 is 0. The van der Waals surface area contributed by atoms with Crippen LogP contribution in [0.5, 0.6) is 0 Å². The second-order valence-electron chi connectivity index (χ2n) is 7.83. The lowest BCUT2D eigenvalue weighted by molar-refractivity contribution is -0.160. The van der Waals surface area contributed by atoms with Crippen molar-refractivity contribution in [3.8, 4) is 0 Å². The highest BCUT2D eigenvalue weighted by molar-refractivity contribution is 5.77. The first-order valence-electron chi connectivity index (χ1n) is 8.93. The van der Waals surface area contributed by atoms with Crippen LogP contribution in [0.15, 0.2) is 0 Å². The molecule has 1 aliphatic heterocycles. The molecular formula is C18H31NO4. The molecule has 0 aromatic heterocycles. The average Bonchev–Trinajstić information content (AvgIpc) is 2.97. The number of nitrogens with zero attached hydrogens (tertiary/aromatic N) is 1. The van der Waals surface area contributed by atoms with E-state index in [-0.39, 0.29) is 17.5 Å². The standard InChI is InChI=1S/C18H31NO4/c1-5-22-15(20)18(10-6-7-11-18)14-8-12-19(13-9-14)16(21)23-17(2,3)4/h14H,5-13H2,1-4H3. The van der Waals surface area contributed by atoms with Crippen LogP contribution in [-0.2, 0) is 14.3 Å². The van der Waals surface area contributed by atoms with Crippen molar-refractivity contribution in [1.82, 2.24) is 4.90 Å². The molecule has 5 heteroatoms. The fourth-order valence-corrected chi connectivity index (χ4v) is 4.00. The maximum absolute atomic E-state index is 12.5. The summed E-state index contributed by atoms with van der Waals surface area (Å²) in [6.07, 6.45) is 5.55. The summed E-state index contributed by atoms with van der Waals surface area (Å²) in [7, 11) is 0. The minimum absolute atomic E-state index is 0.0202. The van der Waals surface area contributed by atoms with Crippen molar-refractivity contribution in [3.63, 3.8) is 0 Å². The highest BCUT2D eigenvalue weighted by atomic mass is 16.6. The van der Waals surface area contributed by atoms with E-state index in [1.54, 1.807) is 4.90 Å². The maximum atomic E-state index is 12.5. The van der Waals surface area contributed by atoms with Gasteiger partial charge in [-0.15, -0.1) is 0 Å². The molecule has 5 nitrogen and oxygen atoms in total. The van der Waals surface area contributed by atoms with Gasteiger partial charge in [0.2, 0.25) is 0 Å². The van der Waals surface area contributed by atoms with E-state index in [2.05, 4.69) is 0 Å². The number of carbonyl (C=O) groups excluding carboxylic acids is 2. The van der Waals surface area contributed by atoms with E-state index in [0.29, 0.717) is 25.6 Å². The number of rotatable bonds is 3. The largest absolute Gasteiger partial charge is 0.466 e. The van der Waals surface area contributed by atoms with Gasteiger partial charge >= 0.3 is 12.1 Å². The quantitative estimate of drug-likeness (QED) is 0.741. The van der Waals surface area contributed by atoms with Gasteiger partial charge in [-0.25, -0.2) is 4.79 Å². The molecule has 1 saturated heterocycles. The molecule has 1 aliphatic carbocycles. The second kappa shape index (κ2) is 7.10. The first-order chi connectivity index (χ1) is 10.8. The number of esters is 1. The number of amides is 1. The summed E-state index contributed by atoms with van der Waals surface area (Å²) in [6, 6.07) is 0. The molecule has 0 unspecified atom stereocenters. The SMILES string of the molecule is CCOC(=O)C1(C2CCN(C(=O)OC(C)(C)C)CC2)CCCC1. The lowest BCUT2D eigenvalue weighted by Gasteiger charge is -2.41. The lowest BCUT2D eigenvalue weighted by atomic mass is 9.69. The van der Waals surface area contributed by atoms with Crippen molar-refractivity contribution in [2.24, 2.45) is 11.3 Å². The monoisotopic (exact) mass is 325 g/mol. The zero-order valence-corrected chi connectivity index (χ0v) is 15.0. The zero-order valence-electron chi connectivity index (χ0n) is 15.0. The van der Waals surface area contributed by atoms with Crippen LogP contribution in [-0.4, -0.2) is 42.3 Å². The second-order valence-corrected chi connectivity index (χ2v) is 7.83. The number of likely N-dealkylation sites (tertiary alicyclic amines) is 1. The molecule has 0 atom stereocenters. The van der Waals surface area contributed by atoms with Gasteiger partial charge < -0.3 is 14.4 Å². The third-order valence-corrected chi connectivity index (χ3v) is 5.11. The van der Waals surface area contributed by atoms with Gasteiger partial charge in [0.05, 0.1) is 12.0 Å². The zero-order chi connectivity index (χ0) is 17.1. The van der Waals surface area contributed by atoms with Gasteiger partial charge in [0.1, 0.15) is 5.60 Å². The van der Waals surface area contributed by atoms with E-state index in [0.717, 1.165) is 38.5 Å². The Morgan fingerprint density at radius 1 is 1.13 bits per heavy atom. The molecule has 2 rings (SSSR count). The number of hydrogen-bond acceptors (Lipinski definition) is 4. The van der Waals surface area contributed by atoms with Gasteiger partial charge in [-0.1, -0.05) is 12.8 Å². The summed E-state index contributed by atoms with van der Waals surface area (Å²) in [5.74, 6) is 0.302. The Morgan fingerprint density at radius 2 is 1.70 bits per heavy atom. The van der Waals surface area contributed by atoms with Crippen LogP contribution < -0.4 is 0 Å². The molecule has 2 aliphatic rings. The van der Waals surface area contributed by atoms with Crippen LogP contribution in [0.25, 0.3) is 0 Å². The maximum Gasteiger partial charge on any atom is 0.410 e. The van der Waals surface area contributed by atoms with Gasteiger partial charge in [-0.05, 0) is 59.3 Å². The Hall–Kier alpha value is -1.26. The highest BCUT2D eigenvalue weighted by Gasteiger charge is 2.49. The first-order valence-corrected chi connectivity index (χ1v) is 8.93. The number of carbonyl (C=O) groups is 2. The highest BCUT2D eigenvalue weighted by Crippen LogP contribution is 2.49. The van der Waals surface area contributed by atoms with Gasteiger partial charge in [-0.3, -0.25) is 4.79 Å². The van der Waals surface area contributed by atoms with E-state index in [9.17, 15) is 9.59 Å². The summed E-state index contributed by atoms with van der Waals surface area (Å²) in [5.41, 5.74) is -0.776. The Labute approximate surface area is 139 Å².